The predicted molar refractivity (Wildman–Crippen MR) is 95.9 cm³/mol. The Balaban J connectivity index is 2.18. The maximum atomic E-state index is 12.7. The monoisotopic (exact) mass is 356 g/mol. The third-order valence-corrected chi connectivity index (χ3v) is 4.05. The summed E-state index contributed by atoms with van der Waals surface area (Å²) < 4.78 is 5.23. The van der Waals surface area contributed by atoms with Gasteiger partial charge in [-0.1, -0.05) is 54.1 Å². The highest BCUT2D eigenvalue weighted by Crippen LogP contribution is 2.32. The second-order valence-corrected chi connectivity index (χ2v) is 5.90. The normalized spacial score (nSPS) is 16.9. The Morgan fingerprint density at radius 2 is 1.92 bits per heavy atom. The molecule has 0 aromatic heterocycles. The molecular weight excluding hydrogens is 340 g/mol. The lowest BCUT2D eigenvalue weighted by molar-refractivity contribution is -0.138. The number of hydrogen-bond donors (Lipinski definition) is 2. The number of urea groups is 1. The molecule has 25 heavy (non-hydrogen) atoms. The van der Waals surface area contributed by atoms with Crippen LogP contribution in [0.25, 0.3) is 5.70 Å². The van der Waals surface area contributed by atoms with Gasteiger partial charge in [-0.05, 0) is 30.2 Å². The smallest absolute Gasteiger partial charge is 0.338 e. The van der Waals surface area contributed by atoms with Crippen molar-refractivity contribution in [3.8, 4) is 0 Å². The van der Waals surface area contributed by atoms with E-state index in [1.807, 2.05) is 36.4 Å². The first-order valence-corrected chi connectivity index (χ1v) is 8.27. The summed E-state index contributed by atoms with van der Waals surface area (Å²) in [6.45, 7) is 1.98. The van der Waals surface area contributed by atoms with Gasteiger partial charge in [0, 0.05) is 5.02 Å². The molecule has 0 saturated carbocycles. The molecular formula is C19H17ClN2O3. The molecule has 2 N–H and O–H groups in total. The van der Waals surface area contributed by atoms with Gasteiger partial charge >= 0.3 is 12.0 Å². The van der Waals surface area contributed by atoms with Crippen molar-refractivity contribution in [1.82, 2.24) is 10.6 Å². The number of rotatable bonds is 4. The Morgan fingerprint density at radius 3 is 2.60 bits per heavy atom. The fourth-order valence-corrected chi connectivity index (χ4v) is 2.96. The van der Waals surface area contributed by atoms with Gasteiger partial charge in [-0.2, -0.15) is 0 Å². The quantitative estimate of drug-likeness (QED) is 0.821. The molecule has 0 radical (unpaired) electrons. The number of carbonyl (C=O) groups is 2. The van der Waals surface area contributed by atoms with Crippen molar-refractivity contribution in [2.24, 2.45) is 0 Å². The standard InChI is InChI=1S/C19H17ClN2O3/c1-2-25-18(23)15-16(12-7-4-3-5-8-12)21-19(24)22-17(15)13-9-6-10-14(20)11-13/h3-11,17H,2H2,1H3,(H2,21,22,24). The summed E-state index contributed by atoms with van der Waals surface area (Å²) in [7, 11) is 0. The van der Waals surface area contributed by atoms with Gasteiger partial charge in [0.1, 0.15) is 0 Å². The number of halogens is 1. The van der Waals surface area contributed by atoms with E-state index >= 15 is 0 Å². The summed E-state index contributed by atoms with van der Waals surface area (Å²) in [5.74, 6) is -0.487. The molecule has 0 saturated heterocycles. The lowest BCUT2D eigenvalue weighted by Gasteiger charge is -2.29. The zero-order valence-corrected chi connectivity index (χ0v) is 14.3. The lowest BCUT2D eigenvalue weighted by atomic mass is 9.93. The number of hydrogen-bond acceptors (Lipinski definition) is 3. The average Bonchev–Trinajstić information content (AvgIpc) is 2.62. The molecule has 1 aliphatic rings. The van der Waals surface area contributed by atoms with Gasteiger partial charge in [-0.25, -0.2) is 9.59 Å². The summed E-state index contributed by atoms with van der Waals surface area (Å²) in [6.07, 6.45) is 0. The van der Waals surface area contributed by atoms with Crippen molar-refractivity contribution in [3.05, 3.63) is 76.3 Å². The number of benzene rings is 2. The molecule has 0 spiro atoms. The SMILES string of the molecule is CCOC(=O)C1=C(c2ccccc2)NC(=O)NC1c1cccc(Cl)c1. The van der Waals surface area contributed by atoms with Gasteiger partial charge in [0.15, 0.2) is 0 Å². The third-order valence-electron chi connectivity index (χ3n) is 3.81. The molecule has 128 valence electrons. The van der Waals surface area contributed by atoms with Gasteiger partial charge in [-0.15, -0.1) is 0 Å². The Labute approximate surface area is 150 Å². The zero-order valence-electron chi connectivity index (χ0n) is 13.6. The van der Waals surface area contributed by atoms with E-state index < -0.39 is 18.0 Å². The van der Waals surface area contributed by atoms with E-state index in [0.717, 1.165) is 5.56 Å². The number of nitrogens with one attached hydrogen (secondary N) is 2. The van der Waals surface area contributed by atoms with E-state index in [4.69, 9.17) is 16.3 Å². The molecule has 2 aromatic carbocycles. The number of esters is 1. The van der Waals surface area contributed by atoms with Gasteiger partial charge in [0.05, 0.1) is 23.9 Å². The van der Waals surface area contributed by atoms with Crippen LogP contribution in [-0.2, 0) is 9.53 Å². The Hall–Kier alpha value is -2.79. The largest absolute Gasteiger partial charge is 0.463 e. The summed E-state index contributed by atoms with van der Waals surface area (Å²) >= 11 is 6.08. The topological polar surface area (TPSA) is 67.4 Å². The molecule has 1 unspecified atom stereocenters. The van der Waals surface area contributed by atoms with Crippen molar-refractivity contribution in [2.75, 3.05) is 6.61 Å². The molecule has 3 rings (SSSR count). The molecule has 5 nitrogen and oxygen atoms in total. The van der Waals surface area contributed by atoms with Crippen LogP contribution in [0.15, 0.2) is 60.2 Å². The van der Waals surface area contributed by atoms with Crippen molar-refractivity contribution in [3.63, 3.8) is 0 Å². The van der Waals surface area contributed by atoms with Gasteiger partial charge in [0.2, 0.25) is 0 Å². The maximum absolute atomic E-state index is 12.7. The highest BCUT2D eigenvalue weighted by Gasteiger charge is 2.34. The third kappa shape index (κ3) is 3.67. The molecule has 1 atom stereocenters. The predicted octanol–water partition coefficient (Wildman–Crippen LogP) is 3.67. The first-order chi connectivity index (χ1) is 12.1. The highest BCUT2D eigenvalue weighted by molar-refractivity contribution is 6.30. The molecule has 0 fully saturated rings. The maximum Gasteiger partial charge on any atom is 0.338 e. The molecule has 2 amide bonds. The van der Waals surface area contributed by atoms with Crippen LogP contribution >= 0.6 is 11.6 Å². The molecule has 2 aromatic rings. The van der Waals surface area contributed by atoms with Crippen molar-refractivity contribution in [1.29, 1.82) is 0 Å². The molecule has 0 aliphatic carbocycles. The van der Waals surface area contributed by atoms with Crippen LogP contribution in [0.4, 0.5) is 4.79 Å². The van der Waals surface area contributed by atoms with Gasteiger partial charge < -0.3 is 15.4 Å². The van der Waals surface area contributed by atoms with E-state index in [-0.39, 0.29) is 6.61 Å². The van der Waals surface area contributed by atoms with Gasteiger partial charge in [0.25, 0.3) is 0 Å². The first kappa shape index (κ1) is 17.0. The minimum atomic E-state index is -0.651. The van der Waals surface area contributed by atoms with Crippen LogP contribution in [0.2, 0.25) is 5.02 Å². The summed E-state index contributed by atoms with van der Waals surface area (Å²) in [5.41, 5.74) is 2.22. The Bertz CT molecular complexity index is 834. The van der Waals surface area contributed by atoms with Crippen LogP contribution in [0.3, 0.4) is 0 Å². The number of ether oxygens (including phenoxy) is 1. The van der Waals surface area contributed by atoms with Crippen LogP contribution in [0, 0.1) is 0 Å². The van der Waals surface area contributed by atoms with Crippen molar-refractivity contribution < 1.29 is 14.3 Å². The van der Waals surface area contributed by atoms with E-state index in [1.165, 1.54) is 0 Å². The molecule has 1 aliphatic heterocycles. The Morgan fingerprint density at radius 1 is 1.16 bits per heavy atom. The van der Waals surface area contributed by atoms with Crippen LogP contribution < -0.4 is 10.6 Å². The molecule has 0 bridgehead atoms. The molecule has 1 heterocycles. The minimum absolute atomic E-state index is 0.237. The lowest BCUT2D eigenvalue weighted by Crippen LogP contribution is -2.45. The summed E-state index contributed by atoms with van der Waals surface area (Å²) in [5, 5.41) is 6.04. The van der Waals surface area contributed by atoms with Crippen molar-refractivity contribution in [2.45, 2.75) is 13.0 Å². The van der Waals surface area contributed by atoms with Crippen LogP contribution in [-0.4, -0.2) is 18.6 Å². The van der Waals surface area contributed by atoms with Gasteiger partial charge in [-0.3, -0.25) is 0 Å². The summed E-state index contributed by atoms with van der Waals surface area (Å²) in [4.78, 5) is 24.9. The first-order valence-electron chi connectivity index (χ1n) is 7.90. The summed E-state index contributed by atoms with van der Waals surface area (Å²) in [6, 6.07) is 15.2. The van der Waals surface area contributed by atoms with E-state index in [0.29, 0.717) is 21.9 Å². The van der Waals surface area contributed by atoms with Crippen LogP contribution in [0.1, 0.15) is 24.1 Å². The Kier molecular flexibility index (Phi) is 5.05. The van der Waals surface area contributed by atoms with E-state index in [2.05, 4.69) is 10.6 Å². The van der Waals surface area contributed by atoms with E-state index in [9.17, 15) is 9.59 Å². The fourth-order valence-electron chi connectivity index (χ4n) is 2.76. The van der Waals surface area contributed by atoms with Crippen molar-refractivity contribution >= 4 is 29.3 Å². The minimum Gasteiger partial charge on any atom is -0.463 e. The van der Waals surface area contributed by atoms with Crippen LogP contribution in [0.5, 0.6) is 0 Å². The number of carbonyl (C=O) groups excluding carboxylic acids is 2. The second kappa shape index (κ2) is 7.40. The fraction of sp³-hybridized carbons (Fsp3) is 0.158. The second-order valence-electron chi connectivity index (χ2n) is 5.46. The average molecular weight is 357 g/mol. The zero-order chi connectivity index (χ0) is 17.8. The molecule has 6 heteroatoms. The van der Waals surface area contributed by atoms with E-state index in [1.54, 1.807) is 25.1 Å². The number of amides is 2. The highest BCUT2D eigenvalue weighted by atomic mass is 35.5.